The van der Waals surface area contributed by atoms with Gasteiger partial charge in [0.1, 0.15) is 6.23 Å². The molecule has 1 rings (SSSR count). The summed E-state index contributed by atoms with van der Waals surface area (Å²) >= 11 is 0. The zero-order valence-electron chi connectivity index (χ0n) is 10.0. The van der Waals surface area contributed by atoms with Crippen LogP contribution in [0.4, 0.5) is 0 Å². The van der Waals surface area contributed by atoms with Crippen molar-refractivity contribution >= 4 is 12.4 Å². The van der Waals surface area contributed by atoms with Gasteiger partial charge in [-0.15, -0.1) is 0 Å². The molecule has 18 heavy (non-hydrogen) atoms. The van der Waals surface area contributed by atoms with E-state index in [1.807, 2.05) is 30.3 Å². The second kappa shape index (κ2) is 8.25. The van der Waals surface area contributed by atoms with Crippen molar-refractivity contribution in [1.82, 2.24) is 5.32 Å². The predicted octanol–water partition coefficient (Wildman–Crippen LogP) is 1.53. The van der Waals surface area contributed by atoms with Crippen molar-refractivity contribution in [2.45, 2.75) is 32.1 Å². The quantitative estimate of drug-likeness (QED) is 0.515. The summed E-state index contributed by atoms with van der Waals surface area (Å²) in [5.41, 5.74) is 1.01. The number of carbonyl (C=O) groups excluding carboxylic acids is 1. The van der Waals surface area contributed by atoms with Gasteiger partial charge in [0.05, 0.1) is 6.61 Å². The number of rotatable bonds is 9. The molecule has 0 heterocycles. The molecule has 5 heteroatoms. The number of hydrogen-bond donors (Lipinski definition) is 2. The summed E-state index contributed by atoms with van der Waals surface area (Å²) in [4.78, 5) is 20.8. The summed E-state index contributed by atoms with van der Waals surface area (Å²) in [7, 11) is 0. The Balaban J connectivity index is 2.33. The second-order valence-corrected chi connectivity index (χ2v) is 3.86. The maximum Gasteiger partial charge on any atom is 0.303 e. The molecule has 0 aliphatic carbocycles. The standard InChI is InChI=1S/C13H17NO4/c15-10-14-12(7-4-8-13(16)17)18-9-11-5-2-1-3-6-11/h1-3,5-6,10,12H,4,7-9H2,(H,14,15)(H,16,17). The van der Waals surface area contributed by atoms with E-state index >= 15 is 0 Å². The molecule has 0 aliphatic rings. The van der Waals surface area contributed by atoms with Crippen molar-refractivity contribution in [2.75, 3.05) is 0 Å². The van der Waals surface area contributed by atoms with Gasteiger partial charge in [0.15, 0.2) is 0 Å². The fourth-order valence-corrected chi connectivity index (χ4v) is 1.50. The minimum Gasteiger partial charge on any atom is -0.481 e. The van der Waals surface area contributed by atoms with E-state index in [4.69, 9.17) is 9.84 Å². The Kier molecular flexibility index (Phi) is 6.50. The molecule has 0 aromatic heterocycles. The summed E-state index contributed by atoms with van der Waals surface area (Å²) in [6.45, 7) is 0.388. The van der Waals surface area contributed by atoms with Crippen LogP contribution in [0.25, 0.3) is 0 Å². The molecule has 1 aromatic rings. The van der Waals surface area contributed by atoms with Gasteiger partial charge in [-0.3, -0.25) is 9.59 Å². The molecule has 5 nitrogen and oxygen atoms in total. The highest BCUT2D eigenvalue weighted by atomic mass is 16.5. The van der Waals surface area contributed by atoms with E-state index in [0.29, 0.717) is 25.9 Å². The normalized spacial score (nSPS) is 11.8. The van der Waals surface area contributed by atoms with Crippen molar-refractivity contribution < 1.29 is 19.4 Å². The lowest BCUT2D eigenvalue weighted by molar-refractivity contribution is -0.137. The van der Waals surface area contributed by atoms with Crippen molar-refractivity contribution in [3.63, 3.8) is 0 Å². The predicted molar refractivity (Wildman–Crippen MR) is 65.7 cm³/mol. The first kappa shape index (κ1) is 14.2. The van der Waals surface area contributed by atoms with Crippen molar-refractivity contribution in [2.24, 2.45) is 0 Å². The fourth-order valence-electron chi connectivity index (χ4n) is 1.50. The summed E-state index contributed by atoms with van der Waals surface area (Å²) in [5.74, 6) is -0.845. The topological polar surface area (TPSA) is 75.6 Å². The second-order valence-electron chi connectivity index (χ2n) is 3.86. The fraction of sp³-hybridized carbons (Fsp3) is 0.385. The molecule has 0 saturated heterocycles. The van der Waals surface area contributed by atoms with E-state index < -0.39 is 12.2 Å². The third kappa shape index (κ3) is 6.00. The number of carboxylic acid groups (broad SMARTS) is 1. The highest BCUT2D eigenvalue weighted by molar-refractivity contribution is 5.66. The lowest BCUT2D eigenvalue weighted by Gasteiger charge is -2.16. The molecule has 0 spiro atoms. The maximum atomic E-state index is 10.4. The van der Waals surface area contributed by atoms with Crippen LogP contribution < -0.4 is 5.32 Å². The summed E-state index contributed by atoms with van der Waals surface area (Å²) < 4.78 is 5.52. The van der Waals surface area contributed by atoms with Gasteiger partial charge in [-0.1, -0.05) is 30.3 Å². The Morgan fingerprint density at radius 3 is 2.72 bits per heavy atom. The largest absolute Gasteiger partial charge is 0.481 e. The number of amides is 1. The van der Waals surface area contributed by atoms with E-state index in [1.54, 1.807) is 0 Å². The van der Waals surface area contributed by atoms with Gasteiger partial charge in [-0.05, 0) is 18.4 Å². The van der Waals surface area contributed by atoms with Crippen molar-refractivity contribution in [1.29, 1.82) is 0 Å². The summed E-state index contributed by atoms with van der Waals surface area (Å²) in [5, 5.41) is 11.1. The van der Waals surface area contributed by atoms with Crippen LogP contribution in [-0.2, 0) is 20.9 Å². The smallest absolute Gasteiger partial charge is 0.303 e. The Hall–Kier alpha value is -1.88. The van der Waals surface area contributed by atoms with Gasteiger partial charge in [-0.2, -0.15) is 0 Å². The average molecular weight is 251 g/mol. The summed E-state index contributed by atoms with van der Waals surface area (Å²) in [6.07, 6.45) is 1.15. The molecule has 98 valence electrons. The molecule has 0 fully saturated rings. The first-order chi connectivity index (χ1) is 8.72. The summed E-state index contributed by atoms with van der Waals surface area (Å²) in [6, 6.07) is 9.58. The monoisotopic (exact) mass is 251 g/mol. The first-order valence-corrected chi connectivity index (χ1v) is 5.79. The third-order valence-electron chi connectivity index (χ3n) is 2.40. The van der Waals surface area contributed by atoms with Crippen LogP contribution in [-0.4, -0.2) is 23.7 Å². The van der Waals surface area contributed by atoms with E-state index in [9.17, 15) is 9.59 Å². The molecule has 0 saturated carbocycles. The molecule has 2 N–H and O–H groups in total. The van der Waals surface area contributed by atoms with Gasteiger partial charge < -0.3 is 15.2 Å². The molecule has 1 unspecified atom stereocenters. The lowest BCUT2D eigenvalue weighted by atomic mass is 10.2. The Morgan fingerprint density at radius 2 is 2.11 bits per heavy atom. The van der Waals surface area contributed by atoms with Gasteiger partial charge in [0.25, 0.3) is 0 Å². The van der Waals surface area contributed by atoms with Gasteiger partial charge in [-0.25, -0.2) is 0 Å². The van der Waals surface area contributed by atoms with Crippen molar-refractivity contribution in [3.8, 4) is 0 Å². The minimum atomic E-state index is -0.845. The molecule has 1 aromatic carbocycles. The van der Waals surface area contributed by atoms with E-state index in [1.165, 1.54) is 0 Å². The number of carboxylic acids is 1. The number of aliphatic carboxylic acids is 1. The molecular weight excluding hydrogens is 234 g/mol. The Morgan fingerprint density at radius 1 is 1.39 bits per heavy atom. The maximum absolute atomic E-state index is 10.4. The van der Waals surface area contributed by atoms with Crippen LogP contribution in [0.3, 0.4) is 0 Å². The minimum absolute atomic E-state index is 0.0751. The molecular formula is C13H17NO4. The van der Waals surface area contributed by atoms with Crippen LogP contribution >= 0.6 is 0 Å². The number of nitrogens with one attached hydrogen (secondary N) is 1. The number of hydrogen-bond acceptors (Lipinski definition) is 3. The number of benzene rings is 1. The molecule has 0 bridgehead atoms. The molecule has 0 aliphatic heterocycles. The van der Waals surface area contributed by atoms with Gasteiger partial charge in [0.2, 0.25) is 6.41 Å². The highest BCUT2D eigenvalue weighted by Gasteiger charge is 2.08. The van der Waals surface area contributed by atoms with Crippen LogP contribution in [0.15, 0.2) is 30.3 Å². The Bertz CT molecular complexity index is 367. The van der Waals surface area contributed by atoms with Gasteiger partial charge >= 0.3 is 5.97 Å². The molecule has 1 atom stereocenters. The number of carbonyl (C=O) groups is 2. The van der Waals surface area contributed by atoms with E-state index in [0.717, 1.165) is 5.56 Å². The third-order valence-corrected chi connectivity index (χ3v) is 2.40. The highest BCUT2D eigenvalue weighted by Crippen LogP contribution is 2.07. The lowest BCUT2D eigenvalue weighted by Crippen LogP contribution is -2.30. The zero-order chi connectivity index (χ0) is 13.2. The van der Waals surface area contributed by atoms with Crippen LogP contribution in [0.2, 0.25) is 0 Å². The zero-order valence-corrected chi connectivity index (χ0v) is 10.0. The first-order valence-electron chi connectivity index (χ1n) is 5.79. The van der Waals surface area contributed by atoms with Crippen LogP contribution in [0.5, 0.6) is 0 Å². The van der Waals surface area contributed by atoms with Gasteiger partial charge in [0, 0.05) is 6.42 Å². The SMILES string of the molecule is O=CNC(CCCC(=O)O)OCc1ccccc1. The van der Waals surface area contributed by atoms with Crippen LogP contribution in [0.1, 0.15) is 24.8 Å². The van der Waals surface area contributed by atoms with Crippen LogP contribution in [0, 0.1) is 0 Å². The van der Waals surface area contributed by atoms with E-state index in [2.05, 4.69) is 5.32 Å². The molecule has 0 radical (unpaired) electrons. The Labute approximate surface area is 106 Å². The van der Waals surface area contributed by atoms with E-state index in [-0.39, 0.29) is 6.42 Å². The molecule has 1 amide bonds. The number of ether oxygens (including phenoxy) is 1. The van der Waals surface area contributed by atoms with Crippen molar-refractivity contribution in [3.05, 3.63) is 35.9 Å². The average Bonchev–Trinajstić information content (AvgIpc) is 2.37.